The lowest BCUT2D eigenvalue weighted by atomic mass is 9.95. The highest BCUT2D eigenvalue weighted by Gasteiger charge is 2.33. The molecule has 1 aliphatic rings. The van der Waals surface area contributed by atoms with Crippen molar-refractivity contribution >= 4 is 66.7 Å². The maximum atomic E-state index is 14.2. The van der Waals surface area contributed by atoms with Gasteiger partial charge in [-0.3, -0.25) is 13.9 Å². The van der Waals surface area contributed by atoms with Gasteiger partial charge in [-0.15, -0.1) is 0 Å². The topological polar surface area (TPSA) is 96.0 Å². The average molecular weight is 726 g/mol. The second-order valence-electron chi connectivity index (χ2n) is 10.7. The Morgan fingerprint density at radius 3 is 2.27 bits per heavy atom. The van der Waals surface area contributed by atoms with Crippen LogP contribution in [-0.4, -0.2) is 50.4 Å². The van der Waals surface area contributed by atoms with Gasteiger partial charge < -0.3 is 15.0 Å². The number of halogens is 3. The number of nitrogens with one attached hydrogen (secondary N) is 1. The Balaban J connectivity index is 1.70. The molecule has 0 heterocycles. The molecule has 1 atom stereocenters. The molecule has 1 aliphatic carbocycles. The van der Waals surface area contributed by atoms with Crippen molar-refractivity contribution in [3.8, 4) is 5.75 Å². The molecule has 0 bridgehead atoms. The van der Waals surface area contributed by atoms with Crippen molar-refractivity contribution in [1.82, 2.24) is 10.2 Å². The van der Waals surface area contributed by atoms with E-state index in [1.807, 2.05) is 6.92 Å². The summed E-state index contributed by atoms with van der Waals surface area (Å²) < 4.78 is 35.3. The van der Waals surface area contributed by atoms with Gasteiger partial charge in [0.15, 0.2) is 0 Å². The molecule has 2 amide bonds. The van der Waals surface area contributed by atoms with Crippen LogP contribution in [0.2, 0.25) is 10.0 Å². The van der Waals surface area contributed by atoms with Gasteiger partial charge in [0.2, 0.25) is 11.8 Å². The third-order valence-corrected chi connectivity index (χ3v) is 10.5. The molecular formula is C32H36BrCl2N3O5S. The van der Waals surface area contributed by atoms with Crippen LogP contribution >= 0.6 is 39.1 Å². The predicted molar refractivity (Wildman–Crippen MR) is 178 cm³/mol. The molecule has 44 heavy (non-hydrogen) atoms. The predicted octanol–water partition coefficient (Wildman–Crippen LogP) is 7.22. The van der Waals surface area contributed by atoms with E-state index in [2.05, 4.69) is 21.2 Å². The first kappa shape index (κ1) is 34.1. The maximum absolute atomic E-state index is 14.2. The number of anilines is 1. The molecule has 3 aromatic rings. The SMILES string of the molecule is CCOc1ccc(N(CC(=O)N(Cc2ccc(Cl)cc2Cl)[C@@H](C)C(=O)NC2CCCCC2)S(=O)(=O)c2ccc(Br)cc2)cc1. The number of ether oxygens (including phenoxy) is 1. The van der Waals surface area contributed by atoms with Gasteiger partial charge in [0.25, 0.3) is 10.0 Å². The van der Waals surface area contributed by atoms with Crippen LogP contribution in [0.4, 0.5) is 5.69 Å². The van der Waals surface area contributed by atoms with Crippen LogP contribution in [0.3, 0.4) is 0 Å². The lowest BCUT2D eigenvalue weighted by Gasteiger charge is -2.33. The van der Waals surface area contributed by atoms with Crippen LogP contribution < -0.4 is 14.4 Å². The number of carbonyl (C=O) groups excluding carboxylic acids is 2. The third-order valence-electron chi connectivity index (χ3n) is 7.59. The van der Waals surface area contributed by atoms with E-state index in [1.54, 1.807) is 61.5 Å². The zero-order valence-corrected chi connectivity index (χ0v) is 28.6. The van der Waals surface area contributed by atoms with Crippen molar-refractivity contribution in [2.75, 3.05) is 17.5 Å². The van der Waals surface area contributed by atoms with Crippen molar-refractivity contribution in [2.24, 2.45) is 0 Å². The summed E-state index contributed by atoms with van der Waals surface area (Å²) in [5.74, 6) is -0.314. The highest BCUT2D eigenvalue weighted by atomic mass is 79.9. The maximum Gasteiger partial charge on any atom is 0.264 e. The Bertz CT molecular complexity index is 1550. The highest BCUT2D eigenvalue weighted by molar-refractivity contribution is 9.10. The summed E-state index contributed by atoms with van der Waals surface area (Å²) in [7, 11) is -4.20. The van der Waals surface area contributed by atoms with E-state index >= 15 is 0 Å². The highest BCUT2D eigenvalue weighted by Crippen LogP contribution is 2.29. The zero-order valence-electron chi connectivity index (χ0n) is 24.6. The Kier molecular flexibility index (Phi) is 12.0. The van der Waals surface area contributed by atoms with Gasteiger partial charge in [0, 0.05) is 27.1 Å². The Morgan fingerprint density at radius 2 is 1.66 bits per heavy atom. The van der Waals surface area contributed by atoms with Gasteiger partial charge in [0.05, 0.1) is 17.2 Å². The Morgan fingerprint density at radius 1 is 1.00 bits per heavy atom. The summed E-state index contributed by atoms with van der Waals surface area (Å²) >= 11 is 15.9. The molecule has 4 rings (SSSR count). The third kappa shape index (κ3) is 8.68. The van der Waals surface area contributed by atoms with Crippen LogP contribution in [-0.2, 0) is 26.2 Å². The molecular weight excluding hydrogens is 689 g/mol. The number of carbonyl (C=O) groups is 2. The molecule has 12 heteroatoms. The van der Waals surface area contributed by atoms with E-state index in [0.717, 1.165) is 36.4 Å². The Hall–Kier alpha value is -2.79. The van der Waals surface area contributed by atoms with Crippen molar-refractivity contribution in [3.63, 3.8) is 0 Å². The molecule has 1 saturated carbocycles. The molecule has 3 aromatic carbocycles. The summed E-state index contributed by atoms with van der Waals surface area (Å²) in [6, 6.07) is 16.7. The van der Waals surface area contributed by atoms with Crippen LogP contribution in [0.1, 0.15) is 51.5 Å². The number of hydrogen-bond acceptors (Lipinski definition) is 5. The van der Waals surface area contributed by atoms with E-state index in [9.17, 15) is 18.0 Å². The lowest BCUT2D eigenvalue weighted by molar-refractivity contribution is -0.139. The fourth-order valence-electron chi connectivity index (χ4n) is 5.12. The van der Waals surface area contributed by atoms with Gasteiger partial charge in [0.1, 0.15) is 18.3 Å². The van der Waals surface area contributed by atoms with Crippen molar-refractivity contribution in [1.29, 1.82) is 0 Å². The molecule has 0 aliphatic heterocycles. The number of nitrogens with zero attached hydrogens (tertiary/aromatic N) is 2. The molecule has 0 unspecified atom stereocenters. The normalized spacial score (nSPS) is 14.5. The minimum Gasteiger partial charge on any atom is -0.494 e. The Labute approximate surface area is 277 Å². The first-order valence-corrected chi connectivity index (χ1v) is 17.5. The molecule has 0 aromatic heterocycles. The number of rotatable bonds is 12. The van der Waals surface area contributed by atoms with Gasteiger partial charge in [-0.25, -0.2) is 8.42 Å². The molecule has 1 N–H and O–H groups in total. The van der Waals surface area contributed by atoms with Crippen LogP contribution in [0.15, 0.2) is 76.1 Å². The molecule has 1 fully saturated rings. The summed E-state index contributed by atoms with van der Waals surface area (Å²) in [6.45, 7) is 3.36. The fourth-order valence-corrected chi connectivity index (χ4v) is 7.27. The molecule has 8 nitrogen and oxygen atoms in total. The first-order chi connectivity index (χ1) is 21.0. The van der Waals surface area contributed by atoms with E-state index in [0.29, 0.717) is 32.4 Å². The standard InChI is InChI=1S/C32H36BrCl2N3O5S/c1-3-43-28-15-13-27(14-16-28)38(44(41,42)29-17-10-24(33)11-18-29)21-31(39)37(20-23-9-12-25(34)19-30(23)35)22(2)32(40)36-26-7-5-4-6-8-26/h9-19,22,26H,3-8,20-21H2,1-2H3,(H,36,40)/t22-/m0/s1. The summed E-state index contributed by atoms with van der Waals surface area (Å²) in [4.78, 5) is 29.0. The van der Waals surface area contributed by atoms with Gasteiger partial charge >= 0.3 is 0 Å². The zero-order chi connectivity index (χ0) is 31.9. The second-order valence-corrected chi connectivity index (χ2v) is 14.3. The second kappa shape index (κ2) is 15.5. The molecule has 0 radical (unpaired) electrons. The van der Waals surface area contributed by atoms with E-state index in [4.69, 9.17) is 27.9 Å². The monoisotopic (exact) mass is 723 g/mol. The van der Waals surface area contributed by atoms with E-state index in [1.165, 1.54) is 17.0 Å². The van der Waals surface area contributed by atoms with Crippen molar-refractivity contribution in [2.45, 2.75) is 69.5 Å². The lowest BCUT2D eigenvalue weighted by Crippen LogP contribution is -2.53. The summed E-state index contributed by atoms with van der Waals surface area (Å²) in [5, 5.41) is 3.86. The van der Waals surface area contributed by atoms with Crippen LogP contribution in [0.5, 0.6) is 5.75 Å². The summed E-state index contributed by atoms with van der Waals surface area (Å²) in [6.07, 6.45) is 4.97. The van der Waals surface area contributed by atoms with Crippen molar-refractivity contribution in [3.05, 3.63) is 86.8 Å². The summed E-state index contributed by atoms with van der Waals surface area (Å²) in [5.41, 5.74) is 0.846. The van der Waals surface area contributed by atoms with Crippen LogP contribution in [0, 0.1) is 0 Å². The number of hydrogen-bond donors (Lipinski definition) is 1. The van der Waals surface area contributed by atoms with Crippen LogP contribution in [0.25, 0.3) is 0 Å². The largest absolute Gasteiger partial charge is 0.494 e. The minimum atomic E-state index is -4.20. The van der Waals surface area contributed by atoms with Gasteiger partial charge in [-0.05, 0) is 92.9 Å². The van der Waals surface area contributed by atoms with Gasteiger partial charge in [-0.2, -0.15) is 0 Å². The van der Waals surface area contributed by atoms with Gasteiger partial charge in [-0.1, -0.05) is 64.5 Å². The quantitative estimate of drug-likeness (QED) is 0.213. The minimum absolute atomic E-state index is 0.0118. The smallest absolute Gasteiger partial charge is 0.264 e. The first-order valence-electron chi connectivity index (χ1n) is 14.5. The number of sulfonamides is 1. The average Bonchev–Trinajstić information content (AvgIpc) is 3.00. The molecule has 236 valence electrons. The fraction of sp³-hybridized carbons (Fsp3) is 0.375. The van der Waals surface area contributed by atoms with Crippen molar-refractivity contribution < 1.29 is 22.7 Å². The van der Waals surface area contributed by atoms with E-state index in [-0.39, 0.29) is 29.1 Å². The van der Waals surface area contributed by atoms with E-state index < -0.39 is 28.5 Å². The molecule has 0 saturated heterocycles. The number of benzene rings is 3. The number of amides is 2. The molecule has 0 spiro atoms.